The summed E-state index contributed by atoms with van der Waals surface area (Å²) in [6, 6.07) is 11.6. The number of carbonyl (C=O) groups is 9. The summed E-state index contributed by atoms with van der Waals surface area (Å²) in [5.74, 6) is -9.66. The number of nitrogens with one attached hydrogen (secondary N) is 8. The van der Waals surface area contributed by atoms with E-state index in [9.17, 15) is 68.6 Å². The molecule has 448 valence electrons. The number of aliphatic hydroxyl groups is 1. The molecular weight excluding hydrogens is 1130 g/mol. The van der Waals surface area contributed by atoms with Crippen molar-refractivity contribution in [2.75, 3.05) is 18.1 Å². The maximum atomic E-state index is 14.9. The molecule has 0 aromatic heterocycles. The van der Waals surface area contributed by atoms with Gasteiger partial charge in [-0.05, 0) is 91.7 Å². The molecule has 0 spiro atoms. The Hall–Kier alpha value is -8.60. The van der Waals surface area contributed by atoms with Crippen molar-refractivity contribution in [2.24, 2.45) is 16.5 Å². The Balaban J connectivity index is 1.41. The van der Waals surface area contributed by atoms with Crippen molar-refractivity contribution in [3.63, 3.8) is 0 Å². The van der Waals surface area contributed by atoms with E-state index in [4.69, 9.17) is 11.5 Å². The van der Waals surface area contributed by atoms with Crippen LogP contribution >= 0.6 is 21.6 Å². The van der Waals surface area contributed by atoms with Crippen LogP contribution in [0.3, 0.4) is 0 Å². The molecule has 10 atom stereocenters. The summed E-state index contributed by atoms with van der Waals surface area (Å²) in [5.41, 5.74) is 14.0. The average molecular weight is 1200 g/mol. The number of nitrogens with zero attached hydrogens (tertiary/aromatic N) is 2. The molecule has 2 aliphatic heterocycles. The number of amides is 9. The van der Waals surface area contributed by atoms with E-state index in [0.717, 1.165) is 34.1 Å². The van der Waals surface area contributed by atoms with E-state index in [2.05, 4.69) is 47.5 Å². The zero-order chi connectivity index (χ0) is 61.0. The number of aliphatic hydroxyl groups excluding tert-OH is 1. The molecule has 9 amide bonds. The molecule has 0 radical (unpaired) electrons. The monoisotopic (exact) mass is 1200 g/mol. The van der Waals surface area contributed by atoms with Crippen LogP contribution in [0.4, 0.5) is 11.4 Å². The summed E-state index contributed by atoms with van der Waals surface area (Å²) in [5, 5.41) is 63.5. The number of rotatable bonds is 20. The van der Waals surface area contributed by atoms with Gasteiger partial charge >= 0.3 is 0 Å². The molecule has 0 aliphatic carbocycles. The second-order valence-electron chi connectivity index (χ2n) is 20.2. The quantitative estimate of drug-likeness (QED) is 0.0243. The van der Waals surface area contributed by atoms with Crippen LogP contribution in [0, 0.1) is 10.1 Å². The molecule has 1 saturated heterocycles. The molecule has 26 nitrogen and oxygen atoms in total. The summed E-state index contributed by atoms with van der Waals surface area (Å²) in [4.78, 5) is 143. The Morgan fingerprint density at radius 3 is 1.90 bits per heavy atom. The number of nitro groups is 1. The number of unbranched alkanes of at least 4 members (excludes halogenated alkanes) is 1. The van der Waals surface area contributed by atoms with Crippen LogP contribution in [-0.4, -0.2) is 152 Å². The van der Waals surface area contributed by atoms with Gasteiger partial charge in [0.1, 0.15) is 59.8 Å². The summed E-state index contributed by atoms with van der Waals surface area (Å²) >= 11 is 0. The molecule has 0 saturated carbocycles. The maximum absolute atomic E-state index is 14.9. The lowest BCUT2D eigenvalue weighted by Crippen LogP contribution is -2.62. The molecule has 0 bridgehead atoms. The molecular formula is C56H68N12O14S2. The molecule has 28 heteroatoms. The van der Waals surface area contributed by atoms with Gasteiger partial charge in [-0.2, -0.15) is 0 Å². The second kappa shape index (κ2) is 31.2. The number of carbonyl (C=O) groups excluding carboxylic acids is 9. The lowest BCUT2D eigenvalue weighted by atomic mass is 9.93. The highest BCUT2D eigenvalue weighted by atomic mass is 33.1. The number of primary amides is 1. The topological polar surface area (TPSA) is 418 Å². The number of nitrogens with two attached hydrogens (primary N) is 2. The fourth-order valence-electron chi connectivity index (χ4n) is 9.10. The number of aromatic hydroxyl groups is 2. The summed E-state index contributed by atoms with van der Waals surface area (Å²) < 4.78 is 0. The minimum atomic E-state index is -1.78. The number of hydrogen-bond donors (Lipinski definition) is 13. The summed E-state index contributed by atoms with van der Waals surface area (Å²) in [6.07, 6.45) is -0.136. The average Bonchev–Trinajstić information content (AvgIpc) is 3.90. The van der Waals surface area contributed by atoms with Gasteiger partial charge in [0.05, 0.1) is 16.7 Å². The van der Waals surface area contributed by atoms with Gasteiger partial charge in [0, 0.05) is 62.0 Å². The number of aliphatic imine (C=N–C) groups is 1. The van der Waals surface area contributed by atoms with Gasteiger partial charge in [0.2, 0.25) is 53.2 Å². The molecule has 6 rings (SSSR count). The molecule has 15 N–H and O–H groups in total. The van der Waals surface area contributed by atoms with Gasteiger partial charge in [-0.15, -0.1) is 0 Å². The van der Waals surface area contributed by atoms with Crippen LogP contribution < -0.4 is 54.0 Å². The zero-order valence-corrected chi connectivity index (χ0v) is 47.5. The normalized spacial score (nSPS) is 21.8. The first-order valence-electron chi connectivity index (χ1n) is 26.8. The first kappa shape index (κ1) is 64.6. The summed E-state index contributed by atoms with van der Waals surface area (Å²) in [7, 11) is 1.80. The third-order valence-electron chi connectivity index (χ3n) is 13.6. The van der Waals surface area contributed by atoms with E-state index in [-0.39, 0.29) is 73.8 Å². The number of benzene rings is 4. The van der Waals surface area contributed by atoms with Crippen molar-refractivity contribution < 1.29 is 63.4 Å². The van der Waals surface area contributed by atoms with E-state index >= 15 is 0 Å². The first-order chi connectivity index (χ1) is 40.1. The standard InChI is InChI=1S/C56H68N12O14S2/c1-30(69)48-56(80)66-47(54(78)62-42(49(58)73)23-33-12-18-37(71)19-13-33)29-84-83-28-46(65-51(75)43(60-31(2)70)24-32-10-16-36(17-11-32)68(81)82)55(79)63-44(25-34-14-20-38(72)21-15-34)52(76)64-45(26-35-27-59-40-8-4-3-7-39(35)40)53(77)61-41(50(74)67-48)9-5-6-22-57/h3-4,7-8,10-21,27,30,35,41-48,69,71-72H,5-6,9,22-26,28-29,57H2,1-2H3,(H2,58,73)(H,60,70)(H,61,77)(H,62,78)(H,63,79)(H,64,76)(H,65,75)(H,66,80)(H,67,74)/t30-,35?,41+,42-,43+,44+,45?,46?,47?,48+/m1/s1. The van der Waals surface area contributed by atoms with Crippen LogP contribution in [0.25, 0.3) is 0 Å². The highest BCUT2D eigenvalue weighted by molar-refractivity contribution is 8.76. The van der Waals surface area contributed by atoms with E-state index in [1.807, 2.05) is 0 Å². The molecule has 4 unspecified atom stereocenters. The van der Waals surface area contributed by atoms with Gasteiger partial charge in [-0.3, -0.25) is 58.3 Å². The van der Waals surface area contributed by atoms with Crippen LogP contribution in [0.1, 0.15) is 67.7 Å². The molecule has 1 fully saturated rings. The van der Waals surface area contributed by atoms with Gasteiger partial charge < -0.3 is 69.3 Å². The van der Waals surface area contributed by atoms with E-state index in [1.54, 1.807) is 30.5 Å². The van der Waals surface area contributed by atoms with Gasteiger partial charge in [-0.25, -0.2) is 0 Å². The molecule has 4 aromatic carbocycles. The number of phenols is 2. The second-order valence-corrected chi connectivity index (χ2v) is 22.7. The SMILES string of the molecule is CC(=O)N[C@@H](Cc1ccc([N+](=O)[O-])cc1)C(=O)NC1CSSCC(C(=O)N[C@H](Cc2ccc(O)cc2)C(N)=O)NC(=O)[C@H]([C@@H](C)O)NC(=O)[C@H](CCCCN)NC(=O)C(CC2C=Nc3ccccc32)NC(=O)[C@H](Cc2ccc(O)cc2)NC1=O. The minimum Gasteiger partial charge on any atom is -0.508 e. The van der Waals surface area contributed by atoms with Crippen molar-refractivity contribution in [3.05, 3.63) is 129 Å². The van der Waals surface area contributed by atoms with Crippen molar-refractivity contribution in [1.29, 1.82) is 0 Å². The number of fused-ring (bicyclic) bond motifs is 1. The number of non-ortho nitro benzene ring substituents is 1. The highest BCUT2D eigenvalue weighted by Gasteiger charge is 2.38. The van der Waals surface area contributed by atoms with Crippen molar-refractivity contribution in [2.45, 2.75) is 119 Å². The van der Waals surface area contributed by atoms with Crippen LogP contribution in [0.5, 0.6) is 11.5 Å². The van der Waals surface area contributed by atoms with Crippen molar-refractivity contribution >= 4 is 92.3 Å². The fourth-order valence-corrected chi connectivity index (χ4v) is 11.4. The molecule has 4 aromatic rings. The Morgan fingerprint density at radius 2 is 1.29 bits per heavy atom. The van der Waals surface area contributed by atoms with Gasteiger partial charge in [-0.1, -0.05) is 76.2 Å². The molecule has 84 heavy (non-hydrogen) atoms. The Kier molecular flexibility index (Phi) is 24.0. The first-order valence-corrected chi connectivity index (χ1v) is 29.3. The Bertz CT molecular complexity index is 3050. The summed E-state index contributed by atoms with van der Waals surface area (Å²) in [6.45, 7) is 2.56. The third-order valence-corrected chi connectivity index (χ3v) is 16.1. The van der Waals surface area contributed by atoms with Gasteiger partial charge in [0.15, 0.2) is 0 Å². The van der Waals surface area contributed by atoms with E-state index in [0.29, 0.717) is 28.8 Å². The predicted molar refractivity (Wildman–Crippen MR) is 312 cm³/mol. The number of phenolic OH excluding ortho intramolecular Hbond substituents is 2. The lowest BCUT2D eigenvalue weighted by Gasteiger charge is -2.29. The highest BCUT2D eigenvalue weighted by Crippen LogP contribution is 2.34. The zero-order valence-electron chi connectivity index (χ0n) is 45.9. The van der Waals surface area contributed by atoms with Gasteiger partial charge in [0.25, 0.3) is 5.69 Å². The van der Waals surface area contributed by atoms with E-state index < -0.39 is 118 Å². The largest absolute Gasteiger partial charge is 0.508 e. The minimum absolute atomic E-state index is 0.0466. The Morgan fingerprint density at radius 1 is 0.714 bits per heavy atom. The fraction of sp³-hybridized carbons (Fsp3) is 0.393. The predicted octanol–water partition coefficient (Wildman–Crippen LogP) is 0.212. The van der Waals surface area contributed by atoms with E-state index in [1.165, 1.54) is 79.7 Å². The van der Waals surface area contributed by atoms with Crippen LogP contribution in [-0.2, 0) is 62.4 Å². The third kappa shape index (κ3) is 19.2. The molecule has 2 heterocycles. The number of hydrogen-bond acceptors (Lipinski definition) is 18. The number of para-hydroxylation sites is 1. The van der Waals surface area contributed by atoms with Crippen LogP contribution in [0.15, 0.2) is 102 Å². The number of nitro benzene ring substituents is 1. The smallest absolute Gasteiger partial charge is 0.269 e. The maximum Gasteiger partial charge on any atom is 0.269 e. The van der Waals surface area contributed by atoms with Crippen molar-refractivity contribution in [3.8, 4) is 11.5 Å². The van der Waals surface area contributed by atoms with Crippen LogP contribution in [0.2, 0.25) is 0 Å². The molecule has 2 aliphatic rings. The Labute approximate surface area is 490 Å². The van der Waals surface area contributed by atoms with Crippen molar-refractivity contribution in [1.82, 2.24) is 42.5 Å². The lowest BCUT2D eigenvalue weighted by molar-refractivity contribution is -0.384.